The number of amides is 1. The minimum Gasteiger partial charge on any atom is -0.508 e. The lowest BCUT2D eigenvalue weighted by Crippen LogP contribution is -2.33. The highest BCUT2D eigenvalue weighted by atomic mass is 16.3. The summed E-state index contributed by atoms with van der Waals surface area (Å²) in [5.41, 5.74) is 0. The van der Waals surface area contributed by atoms with Crippen molar-refractivity contribution in [3.05, 3.63) is 30.5 Å². The molecule has 2 aromatic rings. The van der Waals surface area contributed by atoms with E-state index in [0.29, 0.717) is 5.82 Å². The van der Waals surface area contributed by atoms with Gasteiger partial charge in [-0.3, -0.25) is 4.79 Å². The third-order valence-electron chi connectivity index (χ3n) is 3.62. The number of carbonyl (C=O) groups excluding carboxylic acids is 1. The zero-order valence-electron chi connectivity index (χ0n) is 11.2. The molecular weight excluding hydrogens is 254 g/mol. The second kappa shape index (κ2) is 5.36. The predicted molar refractivity (Wildman–Crippen MR) is 77.7 cm³/mol. The number of carbonyl (C=O) groups is 1. The molecule has 0 saturated carbocycles. The van der Waals surface area contributed by atoms with E-state index in [1.165, 1.54) is 0 Å². The molecular formula is C15H17N3O2. The quantitative estimate of drug-likeness (QED) is 0.896. The molecule has 104 valence electrons. The molecule has 2 heterocycles. The molecule has 1 aliphatic heterocycles. The Kier molecular flexibility index (Phi) is 3.41. The Morgan fingerprint density at radius 3 is 2.90 bits per heavy atom. The molecule has 20 heavy (non-hydrogen) atoms. The third kappa shape index (κ3) is 2.52. The van der Waals surface area contributed by atoms with Crippen molar-refractivity contribution in [1.29, 1.82) is 0 Å². The van der Waals surface area contributed by atoms with E-state index in [4.69, 9.17) is 0 Å². The van der Waals surface area contributed by atoms with Crippen LogP contribution in [-0.4, -0.2) is 40.5 Å². The zero-order valence-corrected chi connectivity index (χ0v) is 11.2. The number of pyridine rings is 1. The summed E-state index contributed by atoms with van der Waals surface area (Å²) in [5.74, 6) is 0.923. The van der Waals surface area contributed by atoms with E-state index in [0.717, 1.165) is 36.7 Å². The topological polar surface area (TPSA) is 65.5 Å². The van der Waals surface area contributed by atoms with Crippen LogP contribution in [0.5, 0.6) is 5.75 Å². The molecule has 1 saturated heterocycles. The van der Waals surface area contributed by atoms with Crippen LogP contribution in [-0.2, 0) is 4.79 Å². The second-order valence-corrected chi connectivity index (χ2v) is 5.01. The van der Waals surface area contributed by atoms with Crippen LogP contribution in [0, 0.1) is 0 Å². The average Bonchev–Trinajstić information content (AvgIpc) is 2.99. The molecule has 1 aliphatic rings. The molecule has 0 unspecified atom stereocenters. The Labute approximate surface area is 117 Å². The van der Waals surface area contributed by atoms with Crippen LogP contribution in [0.4, 0.5) is 5.82 Å². The van der Waals surface area contributed by atoms with Gasteiger partial charge in [0.2, 0.25) is 5.91 Å². The van der Waals surface area contributed by atoms with Crippen LogP contribution in [0.3, 0.4) is 0 Å². The number of aromatic nitrogens is 1. The molecule has 1 aromatic heterocycles. The fourth-order valence-electron chi connectivity index (χ4n) is 2.53. The van der Waals surface area contributed by atoms with E-state index in [2.05, 4.69) is 10.3 Å². The third-order valence-corrected chi connectivity index (χ3v) is 3.62. The minimum absolute atomic E-state index is 0.0986. The maximum absolute atomic E-state index is 12.0. The van der Waals surface area contributed by atoms with Crippen molar-refractivity contribution in [2.75, 3.05) is 25.0 Å². The first-order valence-electron chi connectivity index (χ1n) is 6.83. The predicted octanol–water partition coefficient (Wildman–Crippen LogP) is 1.97. The van der Waals surface area contributed by atoms with Crippen LogP contribution in [0.2, 0.25) is 0 Å². The number of benzene rings is 1. The lowest BCUT2D eigenvalue weighted by atomic mass is 10.1. The summed E-state index contributed by atoms with van der Waals surface area (Å²) in [6.45, 7) is 1.94. The SMILES string of the molecule is O=C(CNc1nccc2ccc(O)cc12)N1CCCC1. The molecule has 3 rings (SSSR count). The Morgan fingerprint density at radius 2 is 2.10 bits per heavy atom. The summed E-state index contributed by atoms with van der Waals surface area (Å²) in [4.78, 5) is 18.1. The van der Waals surface area contributed by atoms with Crippen molar-refractivity contribution >= 4 is 22.5 Å². The van der Waals surface area contributed by atoms with Gasteiger partial charge >= 0.3 is 0 Å². The minimum atomic E-state index is 0.0986. The Hall–Kier alpha value is -2.30. The number of hydrogen-bond donors (Lipinski definition) is 2. The van der Waals surface area contributed by atoms with Gasteiger partial charge in [-0.25, -0.2) is 4.98 Å². The van der Waals surface area contributed by atoms with E-state index in [1.54, 1.807) is 18.3 Å². The summed E-state index contributed by atoms with van der Waals surface area (Å²) in [6.07, 6.45) is 3.88. The molecule has 1 fully saturated rings. The molecule has 0 atom stereocenters. The van der Waals surface area contributed by atoms with Crippen LogP contribution in [0.1, 0.15) is 12.8 Å². The van der Waals surface area contributed by atoms with Gasteiger partial charge in [0.1, 0.15) is 11.6 Å². The van der Waals surface area contributed by atoms with E-state index in [-0.39, 0.29) is 18.2 Å². The van der Waals surface area contributed by atoms with Crippen molar-refractivity contribution in [1.82, 2.24) is 9.88 Å². The lowest BCUT2D eigenvalue weighted by molar-refractivity contribution is -0.128. The van der Waals surface area contributed by atoms with Crippen LogP contribution < -0.4 is 5.32 Å². The Morgan fingerprint density at radius 1 is 1.30 bits per heavy atom. The number of phenolic OH excluding ortho intramolecular Hbond substituents is 1. The van der Waals surface area contributed by atoms with E-state index < -0.39 is 0 Å². The number of fused-ring (bicyclic) bond motifs is 1. The van der Waals surface area contributed by atoms with Gasteiger partial charge in [0.15, 0.2) is 0 Å². The number of likely N-dealkylation sites (tertiary alicyclic amines) is 1. The fourth-order valence-corrected chi connectivity index (χ4v) is 2.53. The highest BCUT2D eigenvalue weighted by molar-refractivity contribution is 5.94. The Balaban J connectivity index is 1.77. The maximum atomic E-state index is 12.0. The number of rotatable bonds is 3. The molecule has 1 amide bonds. The van der Waals surface area contributed by atoms with E-state index >= 15 is 0 Å². The molecule has 5 nitrogen and oxygen atoms in total. The van der Waals surface area contributed by atoms with Gasteiger partial charge in [0.05, 0.1) is 6.54 Å². The Bertz CT molecular complexity index is 636. The number of hydrogen-bond acceptors (Lipinski definition) is 4. The normalized spacial score (nSPS) is 14.7. The standard InChI is InChI=1S/C15H17N3O2/c19-12-4-3-11-5-6-16-15(13(11)9-12)17-10-14(20)18-7-1-2-8-18/h3-6,9,19H,1-2,7-8,10H2,(H,16,17). The number of aromatic hydroxyl groups is 1. The lowest BCUT2D eigenvalue weighted by Gasteiger charge is -2.16. The first-order valence-corrected chi connectivity index (χ1v) is 6.83. The number of phenols is 1. The highest BCUT2D eigenvalue weighted by Crippen LogP contribution is 2.24. The number of nitrogens with one attached hydrogen (secondary N) is 1. The molecule has 2 N–H and O–H groups in total. The van der Waals surface area contributed by atoms with Gasteiger partial charge in [0.25, 0.3) is 0 Å². The maximum Gasteiger partial charge on any atom is 0.241 e. The molecule has 0 radical (unpaired) electrons. The van der Waals surface area contributed by atoms with Gasteiger partial charge in [-0.1, -0.05) is 6.07 Å². The average molecular weight is 271 g/mol. The molecule has 0 spiro atoms. The summed E-state index contributed by atoms with van der Waals surface area (Å²) < 4.78 is 0. The zero-order chi connectivity index (χ0) is 13.9. The van der Waals surface area contributed by atoms with Gasteiger partial charge < -0.3 is 15.3 Å². The molecule has 0 aliphatic carbocycles. The van der Waals surface area contributed by atoms with Crippen molar-refractivity contribution in [3.63, 3.8) is 0 Å². The van der Waals surface area contributed by atoms with Crippen LogP contribution in [0.25, 0.3) is 10.8 Å². The van der Waals surface area contributed by atoms with Crippen LogP contribution in [0.15, 0.2) is 30.5 Å². The van der Waals surface area contributed by atoms with Crippen molar-refractivity contribution in [2.24, 2.45) is 0 Å². The van der Waals surface area contributed by atoms with Gasteiger partial charge in [-0.05, 0) is 36.4 Å². The smallest absolute Gasteiger partial charge is 0.241 e. The summed E-state index contributed by atoms with van der Waals surface area (Å²) >= 11 is 0. The monoisotopic (exact) mass is 271 g/mol. The number of anilines is 1. The van der Waals surface area contributed by atoms with E-state index in [9.17, 15) is 9.90 Å². The highest BCUT2D eigenvalue weighted by Gasteiger charge is 2.17. The summed E-state index contributed by atoms with van der Waals surface area (Å²) in [6, 6.07) is 7.01. The summed E-state index contributed by atoms with van der Waals surface area (Å²) in [7, 11) is 0. The largest absolute Gasteiger partial charge is 0.508 e. The fraction of sp³-hybridized carbons (Fsp3) is 0.333. The molecule has 1 aromatic carbocycles. The molecule has 0 bridgehead atoms. The van der Waals surface area contributed by atoms with Gasteiger partial charge in [0, 0.05) is 24.7 Å². The molecule has 5 heteroatoms. The van der Waals surface area contributed by atoms with E-state index in [1.807, 2.05) is 17.0 Å². The van der Waals surface area contributed by atoms with Crippen molar-refractivity contribution < 1.29 is 9.90 Å². The van der Waals surface area contributed by atoms with Gasteiger partial charge in [-0.2, -0.15) is 0 Å². The first kappa shape index (κ1) is 12.7. The summed E-state index contributed by atoms with van der Waals surface area (Å²) in [5, 5.41) is 14.5. The van der Waals surface area contributed by atoms with Crippen molar-refractivity contribution in [3.8, 4) is 5.75 Å². The van der Waals surface area contributed by atoms with Crippen molar-refractivity contribution in [2.45, 2.75) is 12.8 Å². The number of nitrogens with zero attached hydrogens (tertiary/aromatic N) is 2. The van der Waals surface area contributed by atoms with Gasteiger partial charge in [-0.15, -0.1) is 0 Å². The first-order chi connectivity index (χ1) is 9.74. The second-order valence-electron chi connectivity index (χ2n) is 5.01. The van der Waals surface area contributed by atoms with Crippen LogP contribution >= 0.6 is 0 Å².